The lowest BCUT2D eigenvalue weighted by Crippen LogP contribution is -2.47. The number of rotatable bonds is 7. The molecule has 0 radical (unpaired) electrons. The molecular weight excluding hydrogens is 252 g/mol. The van der Waals surface area contributed by atoms with Crippen molar-refractivity contribution in [3.05, 3.63) is 0 Å². The Bertz CT molecular complexity index is 298. The first-order valence-electron chi connectivity index (χ1n) is 7.76. The Balaban J connectivity index is 2.26. The van der Waals surface area contributed by atoms with Gasteiger partial charge in [0.1, 0.15) is 0 Å². The summed E-state index contributed by atoms with van der Waals surface area (Å²) < 4.78 is 0. The summed E-state index contributed by atoms with van der Waals surface area (Å²) in [6.45, 7) is 14.2. The number of carbonyl (C=O) groups excluding carboxylic acids is 1. The van der Waals surface area contributed by atoms with Crippen LogP contribution in [0.3, 0.4) is 0 Å². The molecule has 1 heterocycles. The highest BCUT2D eigenvalue weighted by Gasteiger charge is 2.22. The molecule has 0 atom stereocenters. The Hall–Kier alpha value is -0.650. The van der Waals surface area contributed by atoms with E-state index in [9.17, 15) is 4.79 Å². The number of piperazine rings is 1. The van der Waals surface area contributed by atoms with Crippen molar-refractivity contribution >= 4 is 5.91 Å². The van der Waals surface area contributed by atoms with E-state index in [4.69, 9.17) is 5.73 Å². The van der Waals surface area contributed by atoms with Crippen molar-refractivity contribution in [1.29, 1.82) is 0 Å². The first-order chi connectivity index (χ1) is 9.38. The van der Waals surface area contributed by atoms with Gasteiger partial charge in [0.05, 0.1) is 0 Å². The highest BCUT2D eigenvalue weighted by molar-refractivity contribution is 5.76. The number of carbonyl (C=O) groups is 1. The normalized spacial score (nSPS) is 18.2. The minimum atomic E-state index is -0.00282. The van der Waals surface area contributed by atoms with Gasteiger partial charge in [0.25, 0.3) is 0 Å². The summed E-state index contributed by atoms with van der Waals surface area (Å²) >= 11 is 0. The molecule has 1 aliphatic heterocycles. The molecule has 1 fully saturated rings. The van der Waals surface area contributed by atoms with Crippen molar-refractivity contribution in [2.45, 2.75) is 27.2 Å². The fourth-order valence-electron chi connectivity index (χ4n) is 2.57. The van der Waals surface area contributed by atoms with Gasteiger partial charge < -0.3 is 20.4 Å². The van der Waals surface area contributed by atoms with Crippen molar-refractivity contribution in [1.82, 2.24) is 14.7 Å². The molecule has 0 aromatic heterocycles. The Labute approximate surface area is 124 Å². The third-order valence-electron chi connectivity index (χ3n) is 4.20. The van der Waals surface area contributed by atoms with Gasteiger partial charge in [0.15, 0.2) is 0 Å². The molecule has 118 valence electrons. The molecule has 0 unspecified atom stereocenters. The lowest BCUT2D eigenvalue weighted by Gasteiger charge is -2.34. The maximum atomic E-state index is 12.1. The van der Waals surface area contributed by atoms with Gasteiger partial charge in [-0.1, -0.05) is 20.8 Å². The summed E-state index contributed by atoms with van der Waals surface area (Å²) in [5, 5.41) is 0. The Morgan fingerprint density at radius 1 is 1.20 bits per heavy atom. The fraction of sp³-hybridized carbons (Fsp3) is 0.933. The summed E-state index contributed by atoms with van der Waals surface area (Å²) in [5.74, 6) is 0.226. The molecular formula is C15H32N4O. The molecule has 0 saturated carbocycles. The monoisotopic (exact) mass is 284 g/mol. The second kappa shape index (κ2) is 7.96. The molecule has 0 spiro atoms. The van der Waals surface area contributed by atoms with Crippen molar-refractivity contribution in [3.63, 3.8) is 0 Å². The number of nitrogens with zero attached hydrogens (tertiary/aromatic N) is 3. The minimum Gasteiger partial charge on any atom is -0.345 e. The van der Waals surface area contributed by atoms with E-state index in [2.05, 4.69) is 30.6 Å². The van der Waals surface area contributed by atoms with Crippen molar-refractivity contribution in [2.75, 3.05) is 59.4 Å². The topological polar surface area (TPSA) is 52.8 Å². The van der Waals surface area contributed by atoms with Crippen LogP contribution < -0.4 is 5.73 Å². The Kier molecular flexibility index (Phi) is 6.92. The van der Waals surface area contributed by atoms with E-state index >= 15 is 0 Å². The lowest BCUT2D eigenvalue weighted by atomic mass is 9.93. The zero-order chi connectivity index (χ0) is 15.2. The molecule has 5 nitrogen and oxygen atoms in total. The van der Waals surface area contributed by atoms with Gasteiger partial charge in [-0.05, 0) is 18.5 Å². The molecule has 2 N–H and O–H groups in total. The molecule has 5 heteroatoms. The average Bonchev–Trinajstić information content (AvgIpc) is 2.44. The van der Waals surface area contributed by atoms with Crippen molar-refractivity contribution < 1.29 is 4.79 Å². The summed E-state index contributed by atoms with van der Waals surface area (Å²) in [7, 11) is 1.88. The second-order valence-corrected chi connectivity index (χ2v) is 6.64. The van der Waals surface area contributed by atoms with E-state index in [-0.39, 0.29) is 11.3 Å². The maximum Gasteiger partial charge on any atom is 0.223 e. The largest absolute Gasteiger partial charge is 0.345 e. The lowest BCUT2D eigenvalue weighted by molar-refractivity contribution is -0.131. The van der Waals surface area contributed by atoms with Crippen LogP contribution in [-0.2, 0) is 4.79 Å². The first kappa shape index (κ1) is 17.4. The van der Waals surface area contributed by atoms with E-state index in [1.54, 1.807) is 0 Å². The van der Waals surface area contributed by atoms with Gasteiger partial charge in [-0.15, -0.1) is 0 Å². The maximum absolute atomic E-state index is 12.1. The molecule has 1 saturated heterocycles. The number of hydrogen-bond donors (Lipinski definition) is 1. The van der Waals surface area contributed by atoms with Crippen LogP contribution in [0.1, 0.15) is 27.2 Å². The quantitative estimate of drug-likeness (QED) is 0.738. The molecule has 0 aromatic rings. The summed E-state index contributed by atoms with van der Waals surface area (Å²) in [5.41, 5.74) is 5.72. The van der Waals surface area contributed by atoms with Crippen molar-refractivity contribution in [2.24, 2.45) is 11.1 Å². The van der Waals surface area contributed by atoms with E-state index in [1.165, 1.54) is 0 Å². The van der Waals surface area contributed by atoms with Crippen LogP contribution in [0.15, 0.2) is 0 Å². The third kappa shape index (κ3) is 5.77. The van der Waals surface area contributed by atoms with Gasteiger partial charge in [0.2, 0.25) is 5.91 Å². The van der Waals surface area contributed by atoms with Crippen LogP contribution >= 0.6 is 0 Å². The van der Waals surface area contributed by atoms with Crippen LogP contribution in [0.4, 0.5) is 0 Å². The summed E-state index contributed by atoms with van der Waals surface area (Å²) in [4.78, 5) is 18.8. The van der Waals surface area contributed by atoms with Gasteiger partial charge >= 0.3 is 0 Å². The number of hydrogen-bond acceptors (Lipinski definition) is 4. The molecule has 1 aliphatic rings. The third-order valence-corrected chi connectivity index (χ3v) is 4.20. The van der Waals surface area contributed by atoms with Crippen LogP contribution in [-0.4, -0.2) is 80.0 Å². The molecule has 1 rings (SSSR count). The van der Waals surface area contributed by atoms with E-state index < -0.39 is 0 Å². The number of amides is 1. The highest BCUT2D eigenvalue weighted by Crippen LogP contribution is 2.14. The molecule has 1 amide bonds. The van der Waals surface area contributed by atoms with Crippen LogP contribution in [0.2, 0.25) is 0 Å². The Morgan fingerprint density at radius 2 is 1.75 bits per heavy atom. The molecule has 0 bridgehead atoms. The summed E-state index contributed by atoms with van der Waals surface area (Å²) in [6.07, 6.45) is 0.614. The fourth-order valence-corrected chi connectivity index (χ4v) is 2.57. The van der Waals surface area contributed by atoms with Gasteiger partial charge in [0, 0.05) is 52.7 Å². The zero-order valence-corrected chi connectivity index (χ0v) is 13.7. The van der Waals surface area contributed by atoms with E-state index in [0.29, 0.717) is 13.0 Å². The minimum absolute atomic E-state index is 0.00282. The SMILES string of the molecule is CCN1CCN(CCC(=O)N(C)CC(C)(C)CN)CC1. The Morgan fingerprint density at radius 3 is 2.25 bits per heavy atom. The van der Waals surface area contributed by atoms with Gasteiger partial charge in [-0.3, -0.25) is 4.79 Å². The first-order valence-corrected chi connectivity index (χ1v) is 7.76. The van der Waals surface area contributed by atoms with Crippen LogP contribution in [0, 0.1) is 5.41 Å². The van der Waals surface area contributed by atoms with Gasteiger partial charge in [-0.25, -0.2) is 0 Å². The van der Waals surface area contributed by atoms with Crippen LogP contribution in [0.5, 0.6) is 0 Å². The van der Waals surface area contributed by atoms with Gasteiger partial charge in [-0.2, -0.15) is 0 Å². The predicted octanol–water partition coefficient (Wildman–Crippen LogP) is 0.457. The van der Waals surface area contributed by atoms with E-state index in [0.717, 1.165) is 45.8 Å². The highest BCUT2D eigenvalue weighted by atomic mass is 16.2. The standard InChI is InChI=1S/C15H32N4O/c1-5-18-8-10-19(11-9-18)7-6-14(20)17(4)13-15(2,3)12-16/h5-13,16H2,1-4H3. The molecule has 0 aromatic carbocycles. The molecule has 20 heavy (non-hydrogen) atoms. The smallest absolute Gasteiger partial charge is 0.223 e. The predicted molar refractivity (Wildman–Crippen MR) is 83.6 cm³/mol. The number of likely N-dealkylation sites (N-methyl/N-ethyl adjacent to an activating group) is 1. The summed E-state index contributed by atoms with van der Waals surface area (Å²) in [6, 6.07) is 0. The molecule has 0 aliphatic carbocycles. The second-order valence-electron chi connectivity index (χ2n) is 6.64. The average molecular weight is 284 g/mol. The van der Waals surface area contributed by atoms with Crippen molar-refractivity contribution in [3.8, 4) is 0 Å². The number of nitrogens with two attached hydrogens (primary N) is 1. The van der Waals surface area contributed by atoms with Crippen LogP contribution in [0.25, 0.3) is 0 Å². The zero-order valence-electron chi connectivity index (χ0n) is 13.7. The van der Waals surface area contributed by atoms with E-state index in [1.807, 2.05) is 11.9 Å².